The fraction of sp³-hybridized carbons (Fsp3) is 0.850. The number of nitrogens with one attached hydrogen (secondary N) is 1. The molecule has 3 rings (SSSR count). The minimum absolute atomic E-state index is 0.0424. The summed E-state index contributed by atoms with van der Waals surface area (Å²) in [6.07, 6.45) is 13.0. The minimum atomic E-state index is -0.691. The Morgan fingerprint density at radius 2 is 1.62 bits per heavy atom. The molecule has 0 aromatic heterocycles. The van der Waals surface area contributed by atoms with Crippen LogP contribution < -0.4 is 5.32 Å². The summed E-state index contributed by atoms with van der Waals surface area (Å²) in [5.74, 6) is -0.0793. The Hall–Kier alpha value is -1.59. The van der Waals surface area contributed by atoms with Gasteiger partial charge in [0.2, 0.25) is 5.91 Å². The quantitative estimate of drug-likeness (QED) is 0.780. The van der Waals surface area contributed by atoms with Crippen LogP contribution in [0.4, 0.5) is 4.79 Å². The number of urea groups is 1. The molecule has 1 saturated heterocycles. The van der Waals surface area contributed by atoms with Crippen molar-refractivity contribution in [3.8, 4) is 0 Å². The number of carbonyl (C=O) groups excluding carboxylic acids is 3. The molecule has 1 spiro atoms. The molecular formula is C20H33N3O3. The van der Waals surface area contributed by atoms with Gasteiger partial charge in [-0.05, 0) is 25.7 Å². The molecule has 26 heavy (non-hydrogen) atoms. The molecule has 0 aromatic rings. The molecule has 3 aliphatic rings. The molecule has 6 nitrogen and oxygen atoms in total. The van der Waals surface area contributed by atoms with Gasteiger partial charge in [-0.1, -0.05) is 51.4 Å². The Morgan fingerprint density at radius 1 is 1.04 bits per heavy atom. The Morgan fingerprint density at radius 3 is 2.27 bits per heavy atom. The van der Waals surface area contributed by atoms with E-state index < -0.39 is 5.54 Å². The van der Waals surface area contributed by atoms with Gasteiger partial charge in [-0.15, -0.1) is 0 Å². The molecular weight excluding hydrogens is 330 g/mol. The Kier molecular flexibility index (Phi) is 6.20. The first-order valence-electron chi connectivity index (χ1n) is 10.4. The van der Waals surface area contributed by atoms with E-state index in [4.69, 9.17) is 0 Å². The molecule has 6 heteroatoms. The first-order chi connectivity index (χ1) is 12.5. The summed E-state index contributed by atoms with van der Waals surface area (Å²) in [6.45, 7) is 0.197. The SMILES string of the molecule is CN(C(=O)CCN1C(=O)NC2(CCCCC2)C1=O)C1CCCCCCC1. The van der Waals surface area contributed by atoms with Crippen LogP contribution in [-0.4, -0.2) is 52.8 Å². The van der Waals surface area contributed by atoms with Gasteiger partial charge in [-0.3, -0.25) is 14.5 Å². The van der Waals surface area contributed by atoms with E-state index in [1.54, 1.807) is 0 Å². The van der Waals surface area contributed by atoms with E-state index in [0.717, 1.165) is 44.9 Å². The number of amides is 4. The highest BCUT2D eigenvalue weighted by atomic mass is 16.2. The molecule has 2 aliphatic carbocycles. The zero-order valence-electron chi connectivity index (χ0n) is 16.1. The maximum absolute atomic E-state index is 12.8. The number of imide groups is 1. The van der Waals surface area contributed by atoms with Crippen molar-refractivity contribution >= 4 is 17.8 Å². The summed E-state index contributed by atoms with van der Waals surface area (Å²) < 4.78 is 0. The van der Waals surface area contributed by atoms with E-state index in [-0.39, 0.29) is 30.8 Å². The van der Waals surface area contributed by atoms with Crippen molar-refractivity contribution in [2.45, 2.75) is 95.1 Å². The standard InChI is InChI=1S/C20H33N3O3/c1-22(16-10-6-3-2-4-7-11-16)17(24)12-15-23-18(25)20(21-19(23)26)13-8-5-9-14-20/h16H,2-15H2,1H3,(H,21,26). The van der Waals surface area contributed by atoms with E-state index >= 15 is 0 Å². The monoisotopic (exact) mass is 363 g/mol. The minimum Gasteiger partial charge on any atom is -0.343 e. The van der Waals surface area contributed by atoms with Crippen molar-refractivity contribution in [3.63, 3.8) is 0 Å². The average Bonchev–Trinajstić information content (AvgIpc) is 2.82. The van der Waals surface area contributed by atoms with Crippen LogP contribution in [0.25, 0.3) is 0 Å². The molecule has 0 aromatic carbocycles. The molecule has 146 valence electrons. The molecule has 2 saturated carbocycles. The van der Waals surface area contributed by atoms with Crippen LogP contribution in [0.15, 0.2) is 0 Å². The Bertz CT molecular complexity index is 534. The topological polar surface area (TPSA) is 69.7 Å². The highest BCUT2D eigenvalue weighted by molar-refractivity contribution is 6.07. The summed E-state index contributed by atoms with van der Waals surface area (Å²) in [5.41, 5.74) is -0.691. The normalized spacial score (nSPS) is 24.3. The van der Waals surface area contributed by atoms with Gasteiger partial charge in [0.25, 0.3) is 5.91 Å². The molecule has 1 aliphatic heterocycles. The van der Waals surface area contributed by atoms with Crippen molar-refractivity contribution in [1.82, 2.24) is 15.1 Å². The van der Waals surface area contributed by atoms with E-state index in [0.29, 0.717) is 6.04 Å². The van der Waals surface area contributed by atoms with Crippen LogP contribution in [0.1, 0.15) is 83.5 Å². The van der Waals surface area contributed by atoms with Gasteiger partial charge in [0.05, 0.1) is 0 Å². The maximum Gasteiger partial charge on any atom is 0.325 e. The maximum atomic E-state index is 12.8. The van der Waals surface area contributed by atoms with Gasteiger partial charge >= 0.3 is 6.03 Å². The smallest absolute Gasteiger partial charge is 0.325 e. The van der Waals surface area contributed by atoms with Crippen molar-refractivity contribution in [3.05, 3.63) is 0 Å². The van der Waals surface area contributed by atoms with Crippen LogP contribution in [0.2, 0.25) is 0 Å². The van der Waals surface area contributed by atoms with Crippen LogP contribution >= 0.6 is 0 Å². The zero-order chi connectivity index (χ0) is 18.6. The third-order valence-electron chi connectivity index (χ3n) is 6.52. The lowest BCUT2D eigenvalue weighted by atomic mass is 9.82. The first-order valence-corrected chi connectivity index (χ1v) is 10.4. The molecule has 1 heterocycles. The number of rotatable bonds is 4. The second kappa shape index (κ2) is 8.40. The third kappa shape index (κ3) is 4.04. The molecule has 0 bridgehead atoms. The lowest BCUT2D eigenvalue weighted by Gasteiger charge is -2.31. The van der Waals surface area contributed by atoms with Gasteiger partial charge < -0.3 is 10.2 Å². The summed E-state index contributed by atoms with van der Waals surface area (Å²) in [6, 6.07) is -0.0195. The van der Waals surface area contributed by atoms with Crippen molar-refractivity contribution in [2.75, 3.05) is 13.6 Å². The fourth-order valence-electron chi connectivity index (χ4n) is 4.78. The molecule has 3 fully saturated rings. The molecule has 0 unspecified atom stereocenters. The van der Waals surface area contributed by atoms with Crippen LogP contribution in [0.5, 0.6) is 0 Å². The van der Waals surface area contributed by atoms with Crippen molar-refractivity contribution in [2.24, 2.45) is 0 Å². The summed E-state index contributed by atoms with van der Waals surface area (Å²) in [5, 5.41) is 2.91. The number of hydrogen-bond donors (Lipinski definition) is 1. The molecule has 0 radical (unpaired) electrons. The van der Waals surface area contributed by atoms with Gasteiger partial charge in [0.15, 0.2) is 0 Å². The van der Waals surface area contributed by atoms with E-state index in [2.05, 4.69) is 5.32 Å². The lowest BCUT2D eigenvalue weighted by molar-refractivity contribution is -0.135. The van der Waals surface area contributed by atoms with Gasteiger partial charge in [0.1, 0.15) is 5.54 Å². The predicted octanol–water partition coefficient (Wildman–Crippen LogP) is 3.20. The lowest BCUT2D eigenvalue weighted by Crippen LogP contribution is -2.48. The van der Waals surface area contributed by atoms with E-state index in [9.17, 15) is 14.4 Å². The molecule has 4 amide bonds. The third-order valence-corrected chi connectivity index (χ3v) is 6.52. The van der Waals surface area contributed by atoms with Gasteiger partial charge in [0, 0.05) is 26.1 Å². The van der Waals surface area contributed by atoms with Gasteiger partial charge in [-0.2, -0.15) is 0 Å². The first kappa shape index (κ1) is 19.2. The van der Waals surface area contributed by atoms with Crippen LogP contribution in [0.3, 0.4) is 0 Å². The highest BCUT2D eigenvalue weighted by Gasteiger charge is 2.51. The van der Waals surface area contributed by atoms with E-state index in [1.165, 1.54) is 37.0 Å². The average molecular weight is 364 g/mol. The summed E-state index contributed by atoms with van der Waals surface area (Å²) in [4.78, 5) is 40.8. The molecule has 1 N–H and O–H groups in total. The van der Waals surface area contributed by atoms with Crippen molar-refractivity contribution < 1.29 is 14.4 Å². The Labute approximate surface area is 156 Å². The summed E-state index contributed by atoms with van der Waals surface area (Å²) >= 11 is 0. The number of hydrogen-bond acceptors (Lipinski definition) is 3. The van der Waals surface area contributed by atoms with E-state index in [1.807, 2.05) is 11.9 Å². The number of carbonyl (C=O) groups is 3. The Balaban J connectivity index is 1.53. The largest absolute Gasteiger partial charge is 0.343 e. The van der Waals surface area contributed by atoms with Gasteiger partial charge in [-0.25, -0.2) is 4.79 Å². The van der Waals surface area contributed by atoms with Crippen LogP contribution in [0, 0.1) is 0 Å². The van der Waals surface area contributed by atoms with Crippen molar-refractivity contribution in [1.29, 1.82) is 0 Å². The highest BCUT2D eigenvalue weighted by Crippen LogP contribution is 2.33. The predicted molar refractivity (Wildman–Crippen MR) is 99.6 cm³/mol. The summed E-state index contributed by atoms with van der Waals surface area (Å²) in [7, 11) is 1.88. The second-order valence-electron chi connectivity index (χ2n) is 8.28. The second-order valence-corrected chi connectivity index (χ2v) is 8.28. The zero-order valence-corrected chi connectivity index (χ0v) is 16.1. The fourth-order valence-corrected chi connectivity index (χ4v) is 4.78. The number of nitrogens with zero attached hydrogens (tertiary/aromatic N) is 2. The van der Waals surface area contributed by atoms with Crippen LogP contribution in [-0.2, 0) is 9.59 Å². The molecule has 0 atom stereocenters.